The molecule has 0 amide bonds. The molecule has 0 saturated heterocycles. The minimum Gasteiger partial charge on any atom is -0.496 e. The van der Waals surface area contributed by atoms with Crippen LogP contribution < -0.4 is 56.8 Å². The van der Waals surface area contributed by atoms with Gasteiger partial charge in [0.05, 0.1) is 56.9 Å². The summed E-state index contributed by atoms with van der Waals surface area (Å²) in [4.78, 5) is 83.1. The van der Waals surface area contributed by atoms with Crippen LogP contribution in [-0.4, -0.2) is 103 Å². The molecule has 2 N–H and O–H groups in total. The number of carboxylic acid groups (broad SMARTS) is 2. The predicted octanol–water partition coefficient (Wildman–Crippen LogP) is 12.6. The van der Waals surface area contributed by atoms with Crippen molar-refractivity contribution in [1.29, 1.82) is 0 Å². The second kappa shape index (κ2) is 26.0. The molecule has 20 nitrogen and oxygen atoms in total. The quantitative estimate of drug-likeness (QED) is 0.0532. The van der Waals surface area contributed by atoms with Crippen LogP contribution in [0.15, 0.2) is 0 Å². The van der Waals surface area contributed by atoms with E-state index in [1.807, 2.05) is 0 Å². The molecule has 6 aromatic rings. The first-order valence-corrected chi connectivity index (χ1v) is 27.4. The van der Waals surface area contributed by atoms with Crippen LogP contribution in [0.5, 0.6) is 69.0 Å². The van der Waals surface area contributed by atoms with Gasteiger partial charge in [-0.3, -0.25) is 0 Å². The molecule has 0 unspecified atom stereocenters. The van der Waals surface area contributed by atoms with E-state index in [9.17, 15) is 29.4 Å². The van der Waals surface area contributed by atoms with Crippen molar-refractivity contribution in [1.82, 2.24) is 0 Å². The molecule has 0 aliphatic rings. The van der Waals surface area contributed by atoms with Crippen molar-refractivity contribution in [2.75, 3.05) is 56.9 Å². The highest BCUT2D eigenvalue weighted by atomic mass is 16.6. The van der Waals surface area contributed by atoms with Gasteiger partial charge in [0.25, 0.3) is 0 Å². The highest BCUT2D eigenvalue weighted by molar-refractivity contribution is 6.03. The van der Waals surface area contributed by atoms with Crippen molar-refractivity contribution in [2.45, 2.75) is 117 Å². The monoisotopic (exact) mass is 1200 g/mol. The van der Waals surface area contributed by atoms with Gasteiger partial charge in [0.15, 0.2) is 0 Å². The van der Waals surface area contributed by atoms with E-state index >= 15 is 9.59 Å². The molecule has 0 spiro atoms. The second-order valence-electron chi connectivity index (χ2n) is 21.1. The average molecular weight is 1200 g/mol. The summed E-state index contributed by atoms with van der Waals surface area (Å²) in [5, 5.41) is 20.0. The summed E-state index contributed by atoms with van der Waals surface area (Å²) in [5.41, 5.74) is 7.09. The fraction of sp³-hybridized carbons (Fsp3) is 0.373. The number of carbonyl (C=O) groups is 6. The van der Waals surface area contributed by atoms with Crippen molar-refractivity contribution in [3.05, 3.63) is 134 Å². The average Bonchev–Trinajstić information content (AvgIpc) is 1.13. The molecule has 0 fully saturated rings. The van der Waals surface area contributed by atoms with Crippen LogP contribution in [0.25, 0.3) is 0 Å². The number of carboxylic acids is 2. The van der Waals surface area contributed by atoms with Gasteiger partial charge in [0.1, 0.15) is 102 Å². The van der Waals surface area contributed by atoms with E-state index in [0.29, 0.717) is 112 Å². The van der Waals surface area contributed by atoms with E-state index in [1.165, 1.54) is 56.9 Å². The van der Waals surface area contributed by atoms with E-state index in [0.717, 1.165) is 0 Å². The summed E-state index contributed by atoms with van der Waals surface area (Å²) < 4.78 is 71.5. The lowest BCUT2D eigenvalue weighted by Crippen LogP contribution is -2.20. The zero-order valence-electron chi connectivity index (χ0n) is 54.0. The van der Waals surface area contributed by atoms with Crippen LogP contribution in [-0.2, 0) is 6.42 Å². The van der Waals surface area contributed by atoms with Crippen molar-refractivity contribution in [3.8, 4) is 69.0 Å². The van der Waals surface area contributed by atoms with Gasteiger partial charge < -0.3 is 67.1 Å². The molecule has 464 valence electrons. The van der Waals surface area contributed by atoms with Gasteiger partial charge in [-0.25, -0.2) is 28.8 Å². The van der Waals surface area contributed by atoms with Gasteiger partial charge in [-0.15, -0.1) is 0 Å². The maximum absolute atomic E-state index is 15.0. The van der Waals surface area contributed by atoms with Crippen LogP contribution >= 0.6 is 0 Å². The lowest BCUT2D eigenvalue weighted by Gasteiger charge is -2.25. The highest BCUT2D eigenvalue weighted by Crippen LogP contribution is 2.48. The largest absolute Gasteiger partial charge is 0.496 e. The number of carbonyl (C=O) groups excluding carboxylic acids is 4. The van der Waals surface area contributed by atoms with Crippen molar-refractivity contribution in [3.63, 3.8) is 0 Å². The molecule has 0 saturated carbocycles. The van der Waals surface area contributed by atoms with Gasteiger partial charge in [-0.1, -0.05) is 0 Å². The fourth-order valence-corrected chi connectivity index (χ4v) is 11.8. The molecule has 0 radical (unpaired) electrons. The molecule has 0 heterocycles. The van der Waals surface area contributed by atoms with Gasteiger partial charge in [0.2, 0.25) is 0 Å². The normalized spacial score (nSPS) is 10.9. The van der Waals surface area contributed by atoms with E-state index in [4.69, 9.17) is 56.8 Å². The predicted molar refractivity (Wildman–Crippen MR) is 323 cm³/mol. The number of hydrogen-bond acceptors (Lipinski definition) is 18. The number of rotatable bonds is 20. The maximum Gasteiger partial charge on any atom is 0.347 e. The van der Waals surface area contributed by atoms with Crippen LogP contribution in [0.4, 0.5) is 0 Å². The van der Waals surface area contributed by atoms with E-state index in [1.54, 1.807) is 111 Å². The number of benzene rings is 6. The number of aromatic carboxylic acids is 2. The Bertz CT molecular complexity index is 3670. The van der Waals surface area contributed by atoms with Crippen LogP contribution in [0, 0.1) is 111 Å². The third kappa shape index (κ3) is 11.2. The zero-order valence-corrected chi connectivity index (χ0v) is 54.0. The van der Waals surface area contributed by atoms with E-state index in [2.05, 4.69) is 0 Å². The summed E-state index contributed by atoms with van der Waals surface area (Å²) in [7, 11) is 11.2. The summed E-state index contributed by atoms with van der Waals surface area (Å²) in [5.74, 6) is -3.94. The summed E-state index contributed by atoms with van der Waals surface area (Å²) >= 11 is 0. The third-order valence-corrected chi connectivity index (χ3v) is 16.8. The SMILES string of the molecule is COc1c(C)c(OC)c(C(=O)Oc2c(C)c(C)c(C(=O)Oc3c(C)c(C)c(C(=O)O)c(OC)c3C)c(OC)c2C)c(C)c1Cc1c(C)c(C(=O)Oc2c(C)c(C)c(C(=O)Oc3c(C)c(C)c(C(=O)O)c(OC)c3C)c(OC)c2C)c(OC)c(C)c1OC. The fourth-order valence-electron chi connectivity index (χ4n) is 11.8. The molecule has 6 rings (SSSR count). The first kappa shape index (κ1) is 66.7. The van der Waals surface area contributed by atoms with Crippen LogP contribution in [0.1, 0.15) is 162 Å². The lowest BCUT2D eigenvalue weighted by atomic mass is 9.87. The smallest absolute Gasteiger partial charge is 0.347 e. The molecule has 20 heteroatoms. The molecule has 6 aromatic carbocycles. The van der Waals surface area contributed by atoms with E-state index < -0.39 is 35.8 Å². The Kier molecular flexibility index (Phi) is 19.9. The number of ether oxygens (including phenoxy) is 12. The second-order valence-corrected chi connectivity index (χ2v) is 21.1. The molecule has 0 bridgehead atoms. The van der Waals surface area contributed by atoms with Crippen molar-refractivity contribution < 1.29 is 95.8 Å². The molecule has 0 atom stereocenters. The molecule has 0 aromatic heterocycles. The van der Waals surface area contributed by atoms with Gasteiger partial charge in [0, 0.05) is 50.9 Å². The molecular formula is C67H76O20. The lowest BCUT2D eigenvalue weighted by molar-refractivity contribution is 0.0679. The minimum atomic E-state index is -1.20. The maximum atomic E-state index is 15.0. The molecular weight excluding hydrogens is 1120 g/mol. The number of methoxy groups -OCH3 is 8. The molecule has 0 aliphatic carbocycles. The Morgan fingerprint density at radius 3 is 0.598 bits per heavy atom. The van der Waals surface area contributed by atoms with Crippen LogP contribution in [0.3, 0.4) is 0 Å². The Labute approximate surface area is 506 Å². The van der Waals surface area contributed by atoms with Gasteiger partial charge >= 0.3 is 35.8 Å². The standard InChI is InChI=1S/C67H76O20/c1-26-30(5)50(36(11)56(78-19)44(26)62(68)69)84-64(72)46-28(3)32(7)52(38(13)58(46)80-21)86-66(74)48-34(9)42(54(76-17)40(15)60(48)82-23)25-43-35(10)49(61(83-24)41(16)55(43)77-18)67(75)87-53-33(8)29(4)47(59(81-22)39(53)14)65(73)85-51-31(6)27(2)45(63(70)71)57(79-20)37(51)12/h25H2,1-24H3,(H,68,69)(H,70,71). The number of esters is 4. The summed E-state index contributed by atoms with van der Waals surface area (Å²) in [6.45, 7) is 26.5. The van der Waals surface area contributed by atoms with Crippen molar-refractivity contribution in [2.24, 2.45) is 0 Å². The third-order valence-electron chi connectivity index (χ3n) is 16.8. The number of hydrogen-bond donors (Lipinski definition) is 2. The Balaban J connectivity index is 1.44. The minimum absolute atomic E-state index is 0.0105. The molecule has 0 aliphatic heterocycles. The van der Waals surface area contributed by atoms with Crippen molar-refractivity contribution >= 4 is 35.8 Å². The topological polar surface area (TPSA) is 254 Å². The van der Waals surface area contributed by atoms with Gasteiger partial charge in [-0.2, -0.15) is 0 Å². The van der Waals surface area contributed by atoms with E-state index in [-0.39, 0.29) is 97.3 Å². The first-order chi connectivity index (χ1) is 40.9. The van der Waals surface area contributed by atoms with Gasteiger partial charge in [-0.05, 0) is 166 Å². The molecule has 87 heavy (non-hydrogen) atoms. The Morgan fingerprint density at radius 2 is 0.402 bits per heavy atom. The highest BCUT2D eigenvalue weighted by Gasteiger charge is 2.36. The first-order valence-electron chi connectivity index (χ1n) is 27.4. The van der Waals surface area contributed by atoms with Crippen LogP contribution in [0.2, 0.25) is 0 Å². The summed E-state index contributed by atoms with van der Waals surface area (Å²) in [6, 6.07) is 0. The Morgan fingerprint density at radius 1 is 0.230 bits per heavy atom. The Hall–Kier alpha value is -9.46. The zero-order chi connectivity index (χ0) is 65.4. The summed E-state index contributed by atoms with van der Waals surface area (Å²) in [6.07, 6.45) is 0.0105.